The van der Waals surface area contributed by atoms with Gasteiger partial charge in [-0.1, -0.05) is 6.08 Å². The third-order valence-electron chi connectivity index (χ3n) is 2.05. The van der Waals surface area contributed by atoms with Crippen molar-refractivity contribution in [1.82, 2.24) is 4.98 Å². The number of ketones is 2. The van der Waals surface area contributed by atoms with E-state index in [-0.39, 0.29) is 22.8 Å². The third-order valence-corrected chi connectivity index (χ3v) is 2.05. The molecule has 1 aliphatic rings. The molecule has 0 saturated heterocycles. The summed E-state index contributed by atoms with van der Waals surface area (Å²) in [5.41, 5.74) is 0.926. The molecule has 64 valence electrons. The Morgan fingerprint density at radius 2 is 2.08 bits per heavy atom. The molecule has 2 rings (SSSR count). The van der Waals surface area contributed by atoms with Gasteiger partial charge in [-0.3, -0.25) is 14.6 Å². The van der Waals surface area contributed by atoms with Crippen LogP contribution in [0.5, 0.6) is 0 Å². The molecule has 3 heteroatoms. The summed E-state index contributed by atoms with van der Waals surface area (Å²) in [4.78, 5) is 26.9. The Morgan fingerprint density at radius 1 is 1.31 bits per heavy atom. The predicted octanol–water partition coefficient (Wildman–Crippen LogP) is 1.41. The quantitative estimate of drug-likeness (QED) is 0.440. The van der Waals surface area contributed by atoms with E-state index >= 15 is 0 Å². The summed E-state index contributed by atoms with van der Waals surface area (Å²) in [6, 6.07) is 3.28. The number of aromatic nitrogens is 1. The number of rotatable bonds is 0. The van der Waals surface area contributed by atoms with Crippen LogP contribution in [0.3, 0.4) is 0 Å². The molecular weight excluding hydrogens is 166 g/mol. The van der Waals surface area contributed by atoms with Crippen LogP contribution >= 0.6 is 0 Å². The molecule has 0 saturated carbocycles. The van der Waals surface area contributed by atoms with E-state index < -0.39 is 0 Å². The van der Waals surface area contributed by atoms with Crippen molar-refractivity contribution in [3.05, 3.63) is 41.2 Å². The van der Waals surface area contributed by atoms with Crippen molar-refractivity contribution in [2.24, 2.45) is 0 Å². The Labute approximate surface area is 75.1 Å². The fourth-order valence-corrected chi connectivity index (χ4v) is 1.41. The largest absolute Gasteiger partial charge is 0.288 e. The van der Waals surface area contributed by atoms with Crippen molar-refractivity contribution in [1.29, 1.82) is 0 Å². The second-order valence-electron chi connectivity index (χ2n) is 2.76. The van der Waals surface area contributed by atoms with Gasteiger partial charge in [0.05, 0.1) is 11.1 Å². The molecule has 1 aromatic rings. The third kappa shape index (κ3) is 0.935. The number of hydrogen-bond donors (Lipinski definition) is 0. The molecule has 0 unspecified atom stereocenters. The molecule has 0 fully saturated rings. The number of Topliss-reactive ketones (excluding diaryl/α,β-unsaturated/α-hetero) is 2. The van der Waals surface area contributed by atoms with E-state index in [1.165, 1.54) is 12.3 Å². The van der Waals surface area contributed by atoms with Gasteiger partial charge in [0.2, 0.25) is 5.78 Å². The van der Waals surface area contributed by atoms with Gasteiger partial charge >= 0.3 is 0 Å². The van der Waals surface area contributed by atoms with E-state index in [0.29, 0.717) is 5.56 Å². The molecule has 0 atom stereocenters. The molecule has 0 bridgehead atoms. The van der Waals surface area contributed by atoms with Crippen LogP contribution in [0.1, 0.15) is 27.8 Å². The number of hydrogen-bond acceptors (Lipinski definition) is 3. The smallest absolute Gasteiger partial charge is 0.215 e. The highest BCUT2D eigenvalue weighted by Gasteiger charge is 2.33. The first-order valence-electron chi connectivity index (χ1n) is 3.96. The predicted molar refractivity (Wildman–Crippen MR) is 46.7 cm³/mol. The minimum atomic E-state index is -0.261. The van der Waals surface area contributed by atoms with E-state index in [0.717, 1.165) is 0 Å². The first-order valence-corrected chi connectivity index (χ1v) is 3.96. The molecule has 1 aromatic heterocycles. The molecule has 1 heterocycles. The van der Waals surface area contributed by atoms with Crippen LogP contribution in [0.4, 0.5) is 0 Å². The highest BCUT2D eigenvalue weighted by molar-refractivity contribution is 6.38. The zero-order chi connectivity index (χ0) is 9.42. The summed E-state index contributed by atoms with van der Waals surface area (Å²) >= 11 is 0. The fourth-order valence-electron chi connectivity index (χ4n) is 1.41. The van der Waals surface area contributed by atoms with Gasteiger partial charge in [0.1, 0.15) is 5.69 Å². The van der Waals surface area contributed by atoms with Gasteiger partial charge < -0.3 is 0 Å². The zero-order valence-electron chi connectivity index (χ0n) is 7.07. The Hall–Kier alpha value is -1.77. The summed E-state index contributed by atoms with van der Waals surface area (Å²) < 4.78 is 0. The topological polar surface area (TPSA) is 47.0 Å². The summed E-state index contributed by atoms with van der Waals surface area (Å²) in [7, 11) is 0. The molecule has 0 N–H and O–H groups in total. The Kier molecular flexibility index (Phi) is 1.59. The lowest BCUT2D eigenvalue weighted by Crippen LogP contribution is -1.99. The van der Waals surface area contributed by atoms with E-state index in [1.54, 1.807) is 19.1 Å². The second-order valence-corrected chi connectivity index (χ2v) is 2.76. The van der Waals surface area contributed by atoms with Gasteiger partial charge in [-0.05, 0) is 19.1 Å². The number of pyridine rings is 1. The first-order chi connectivity index (χ1) is 6.25. The number of nitrogens with zero attached hydrogens (tertiary/aromatic N) is 1. The van der Waals surface area contributed by atoms with Gasteiger partial charge in [0.25, 0.3) is 0 Å². The normalized spacial score (nSPS) is 18.1. The molecule has 0 aromatic carbocycles. The van der Waals surface area contributed by atoms with E-state index in [9.17, 15) is 9.59 Å². The van der Waals surface area contributed by atoms with E-state index in [1.807, 2.05) is 0 Å². The molecule has 0 radical (unpaired) electrons. The van der Waals surface area contributed by atoms with Gasteiger partial charge in [-0.15, -0.1) is 0 Å². The Balaban J connectivity index is 2.71. The molecular formula is C10H7NO2. The molecule has 3 nitrogen and oxygen atoms in total. The molecule has 0 spiro atoms. The highest BCUT2D eigenvalue weighted by Crippen LogP contribution is 2.23. The van der Waals surface area contributed by atoms with Crippen LogP contribution in [0.25, 0.3) is 0 Å². The number of carbonyl (C=O) groups is 2. The number of allylic oxidation sites excluding steroid dienone is 2. The number of carbonyl (C=O) groups excluding carboxylic acids is 2. The summed E-state index contributed by atoms with van der Waals surface area (Å²) in [6.45, 7) is 1.68. The maximum absolute atomic E-state index is 11.5. The summed E-state index contributed by atoms with van der Waals surface area (Å²) in [5.74, 6) is -0.473. The summed E-state index contributed by atoms with van der Waals surface area (Å²) in [6.07, 6.45) is 3.05. The molecule has 13 heavy (non-hydrogen) atoms. The van der Waals surface area contributed by atoms with Gasteiger partial charge in [0, 0.05) is 6.20 Å². The Morgan fingerprint density at radius 3 is 2.69 bits per heavy atom. The van der Waals surface area contributed by atoms with Crippen molar-refractivity contribution >= 4 is 11.6 Å². The van der Waals surface area contributed by atoms with Crippen molar-refractivity contribution in [3.63, 3.8) is 0 Å². The lowest BCUT2D eigenvalue weighted by Gasteiger charge is -1.89. The maximum Gasteiger partial charge on any atom is 0.215 e. The monoisotopic (exact) mass is 173 g/mol. The fraction of sp³-hybridized carbons (Fsp3) is 0.100. The van der Waals surface area contributed by atoms with Gasteiger partial charge in [0.15, 0.2) is 5.78 Å². The molecule has 0 aliphatic heterocycles. The minimum Gasteiger partial charge on any atom is -0.288 e. The Bertz CT molecular complexity index is 395. The van der Waals surface area contributed by atoms with E-state index in [2.05, 4.69) is 4.98 Å². The van der Waals surface area contributed by atoms with E-state index in [4.69, 9.17) is 0 Å². The number of fused-ring (bicyclic) bond motifs is 1. The maximum atomic E-state index is 11.5. The van der Waals surface area contributed by atoms with Crippen molar-refractivity contribution in [2.75, 3.05) is 0 Å². The zero-order valence-corrected chi connectivity index (χ0v) is 7.07. The van der Waals surface area contributed by atoms with Crippen LogP contribution < -0.4 is 0 Å². The van der Waals surface area contributed by atoms with Crippen molar-refractivity contribution < 1.29 is 9.59 Å². The SMILES string of the molecule is C/C=C1\C(=O)c2cccnc2C1=O. The van der Waals surface area contributed by atoms with Crippen LogP contribution in [-0.2, 0) is 0 Å². The van der Waals surface area contributed by atoms with Crippen LogP contribution in [0.2, 0.25) is 0 Å². The van der Waals surface area contributed by atoms with Gasteiger partial charge in [-0.25, -0.2) is 0 Å². The van der Waals surface area contributed by atoms with Crippen LogP contribution in [0.15, 0.2) is 30.0 Å². The van der Waals surface area contributed by atoms with Crippen LogP contribution in [-0.4, -0.2) is 16.6 Å². The molecule has 1 aliphatic carbocycles. The second kappa shape index (κ2) is 2.62. The van der Waals surface area contributed by atoms with Crippen molar-refractivity contribution in [3.8, 4) is 0 Å². The average Bonchev–Trinajstić information content (AvgIpc) is 2.41. The highest BCUT2D eigenvalue weighted by atomic mass is 16.2. The lowest BCUT2D eigenvalue weighted by molar-refractivity contribution is 0.0987. The average molecular weight is 173 g/mol. The van der Waals surface area contributed by atoms with Crippen molar-refractivity contribution in [2.45, 2.75) is 6.92 Å². The van der Waals surface area contributed by atoms with Gasteiger partial charge in [-0.2, -0.15) is 0 Å². The first kappa shape index (κ1) is 7.86. The standard InChI is InChI=1S/C10H7NO2/c1-2-6-9(12)7-4-3-5-11-8(7)10(6)13/h2-5H,1H3/b6-2+. The summed E-state index contributed by atoms with van der Waals surface area (Å²) in [5, 5.41) is 0. The minimum absolute atomic E-state index is 0.212. The lowest BCUT2D eigenvalue weighted by atomic mass is 10.1. The molecule has 0 amide bonds. The van der Waals surface area contributed by atoms with Crippen LogP contribution in [0, 0.1) is 0 Å².